The van der Waals surface area contributed by atoms with Crippen LogP contribution in [0.5, 0.6) is 0 Å². The van der Waals surface area contributed by atoms with E-state index in [-0.39, 0.29) is 19.7 Å². The van der Waals surface area contributed by atoms with Crippen LogP contribution in [0.3, 0.4) is 0 Å². The van der Waals surface area contributed by atoms with E-state index in [4.69, 9.17) is 10.5 Å². The fraction of sp³-hybridized carbons (Fsp3) is 0.429. The first-order chi connectivity index (χ1) is 9.69. The van der Waals surface area contributed by atoms with E-state index in [2.05, 4.69) is 5.32 Å². The minimum absolute atomic E-state index is 0.135. The van der Waals surface area contributed by atoms with Crippen LogP contribution in [-0.4, -0.2) is 43.3 Å². The van der Waals surface area contributed by atoms with Crippen LogP contribution in [0.15, 0.2) is 30.3 Å². The number of carbonyl (C=O) groups excluding carboxylic acids is 2. The highest BCUT2D eigenvalue weighted by atomic mass is 16.6. The number of nitrogens with zero attached hydrogens (tertiary/aromatic N) is 1. The van der Waals surface area contributed by atoms with Gasteiger partial charge in [-0.2, -0.15) is 0 Å². The van der Waals surface area contributed by atoms with Gasteiger partial charge in [0.15, 0.2) is 0 Å². The van der Waals surface area contributed by atoms with Crippen LogP contribution < -0.4 is 11.1 Å². The summed E-state index contributed by atoms with van der Waals surface area (Å²) >= 11 is 0. The molecule has 0 atom stereocenters. The summed E-state index contributed by atoms with van der Waals surface area (Å²) in [7, 11) is 0. The Kier molecular flexibility index (Phi) is 7.13. The molecule has 0 fully saturated rings. The Labute approximate surface area is 118 Å². The summed E-state index contributed by atoms with van der Waals surface area (Å²) in [4.78, 5) is 24.5. The third-order valence-corrected chi connectivity index (χ3v) is 2.62. The monoisotopic (exact) mass is 279 g/mol. The van der Waals surface area contributed by atoms with Crippen molar-refractivity contribution in [3.8, 4) is 0 Å². The van der Waals surface area contributed by atoms with Gasteiger partial charge in [-0.25, -0.2) is 14.5 Å². The van der Waals surface area contributed by atoms with E-state index in [0.717, 1.165) is 10.5 Å². The summed E-state index contributed by atoms with van der Waals surface area (Å²) in [5.74, 6) is 0. The summed E-state index contributed by atoms with van der Waals surface area (Å²) in [6, 6.07) is 9.30. The summed E-state index contributed by atoms with van der Waals surface area (Å²) < 4.78 is 4.81. The average Bonchev–Trinajstić information content (AvgIpc) is 2.46. The first-order valence-electron chi connectivity index (χ1n) is 6.65. The van der Waals surface area contributed by atoms with Gasteiger partial charge in [0.25, 0.3) is 0 Å². The normalized spacial score (nSPS) is 9.90. The quantitative estimate of drug-likeness (QED) is 0.823. The molecule has 0 bridgehead atoms. The Bertz CT molecular complexity index is 423. The highest BCUT2D eigenvalue weighted by molar-refractivity contribution is 5.90. The van der Waals surface area contributed by atoms with Gasteiger partial charge in [-0.05, 0) is 18.9 Å². The third-order valence-electron chi connectivity index (χ3n) is 2.62. The van der Waals surface area contributed by atoms with Crippen molar-refractivity contribution in [2.75, 3.05) is 26.2 Å². The number of imide groups is 1. The van der Waals surface area contributed by atoms with E-state index in [1.165, 1.54) is 0 Å². The molecule has 0 aliphatic carbocycles. The lowest BCUT2D eigenvalue weighted by molar-refractivity contribution is 0.115. The minimum atomic E-state index is -0.671. The lowest BCUT2D eigenvalue weighted by Gasteiger charge is -2.19. The van der Waals surface area contributed by atoms with Crippen molar-refractivity contribution in [1.29, 1.82) is 0 Å². The Hall–Kier alpha value is -2.08. The Morgan fingerprint density at radius 1 is 1.30 bits per heavy atom. The van der Waals surface area contributed by atoms with Gasteiger partial charge in [0, 0.05) is 19.6 Å². The Balaban J connectivity index is 2.43. The highest BCUT2D eigenvalue weighted by Gasteiger charge is 2.21. The van der Waals surface area contributed by atoms with Crippen molar-refractivity contribution >= 4 is 12.1 Å². The molecule has 6 heteroatoms. The average molecular weight is 279 g/mol. The molecule has 0 spiro atoms. The molecule has 1 aromatic carbocycles. The van der Waals surface area contributed by atoms with Gasteiger partial charge in [-0.15, -0.1) is 0 Å². The van der Waals surface area contributed by atoms with Crippen LogP contribution in [0.1, 0.15) is 12.5 Å². The molecule has 3 N–H and O–H groups in total. The molecule has 1 aromatic rings. The standard InChI is InChI=1S/C14H21N3O3/c1-2-20-14(19)17(11-9-15)13(18)16-10-8-12-6-4-3-5-7-12/h3-7H,2,8-11,15H2,1H3,(H,16,18). The van der Waals surface area contributed by atoms with Gasteiger partial charge in [-0.3, -0.25) is 0 Å². The molecule has 0 aromatic heterocycles. The topological polar surface area (TPSA) is 84.7 Å². The van der Waals surface area contributed by atoms with Crippen molar-refractivity contribution in [2.45, 2.75) is 13.3 Å². The van der Waals surface area contributed by atoms with Crippen LogP contribution in [0.2, 0.25) is 0 Å². The smallest absolute Gasteiger partial charge is 0.418 e. The Morgan fingerprint density at radius 2 is 2.00 bits per heavy atom. The van der Waals surface area contributed by atoms with Crippen molar-refractivity contribution in [3.05, 3.63) is 35.9 Å². The van der Waals surface area contributed by atoms with E-state index in [1.54, 1.807) is 6.92 Å². The number of ether oxygens (including phenoxy) is 1. The first-order valence-corrected chi connectivity index (χ1v) is 6.65. The van der Waals surface area contributed by atoms with Gasteiger partial charge < -0.3 is 15.8 Å². The van der Waals surface area contributed by atoms with Gasteiger partial charge in [0.2, 0.25) is 0 Å². The lowest BCUT2D eigenvalue weighted by Crippen LogP contribution is -2.46. The van der Waals surface area contributed by atoms with Gasteiger partial charge in [0.05, 0.1) is 6.61 Å². The second-order valence-corrected chi connectivity index (χ2v) is 4.11. The zero-order valence-corrected chi connectivity index (χ0v) is 11.7. The molecule has 6 nitrogen and oxygen atoms in total. The molecular formula is C14H21N3O3. The predicted octanol–water partition coefficient (Wildman–Crippen LogP) is 1.36. The highest BCUT2D eigenvalue weighted by Crippen LogP contribution is 1.99. The number of carbonyl (C=O) groups is 2. The fourth-order valence-corrected chi connectivity index (χ4v) is 1.66. The fourth-order valence-electron chi connectivity index (χ4n) is 1.66. The number of amides is 3. The second-order valence-electron chi connectivity index (χ2n) is 4.11. The third kappa shape index (κ3) is 5.27. The molecule has 20 heavy (non-hydrogen) atoms. The molecule has 110 valence electrons. The molecular weight excluding hydrogens is 258 g/mol. The van der Waals surface area contributed by atoms with E-state index in [0.29, 0.717) is 13.0 Å². The maximum atomic E-state index is 11.9. The van der Waals surface area contributed by atoms with Gasteiger partial charge in [-0.1, -0.05) is 30.3 Å². The molecule has 0 aliphatic rings. The molecule has 0 aliphatic heterocycles. The number of nitrogens with one attached hydrogen (secondary N) is 1. The summed E-state index contributed by atoms with van der Waals surface area (Å²) in [5.41, 5.74) is 6.51. The molecule has 1 rings (SSSR count). The van der Waals surface area contributed by atoms with Crippen LogP contribution in [0, 0.1) is 0 Å². The van der Waals surface area contributed by atoms with Gasteiger partial charge in [0.1, 0.15) is 0 Å². The van der Waals surface area contributed by atoms with Crippen LogP contribution in [-0.2, 0) is 11.2 Å². The van der Waals surface area contributed by atoms with E-state index in [1.807, 2.05) is 30.3 Å². The first kappa shape index (κ1) is 16.0. The number of nitrogens with two attached hydrogens (primary N) is 1. The second kappa shape index (κ2) is 8.92. The van der Waals surface area contributed by atoms with Crippen LogP contribution >= 0.6 is 0 Å². The van der Waals surface area contributed by atoms with Crippen molar-refractivity contribution in [1.82, 2.24) is 10.2 Å². The predicted molar refractivity (Wildman–Crippen MR) is 76.3 cm³/mol. The van der Waals surface area contributed by atoms with E-state index in [9.17, 15) is 9.59 Å². The summed E-state index contributed by atoms with van der Waals surface area (Å²) in [5, 5.41) is 2.69. The summed E-state index contributed by atoms with van der Waals surface area (Å²) in [6.45, 7) is 2.69. The van der Waals surface area contributed by atoms with Crippen molar-refractivity contribution in [3.63, 3.8) is 0 Å². The maximum absolute atomic E-state index is 11.9. The number of hydrogen-bond donors (Lipinski definition) is 2. The number of benzene rings is 1. The largest absolute Gasteiger partial charge is 0.449 e. The SMILES string of the molecule is CCOC(=O)N(CCN)C(=O)NCCc1ccccc1. The van der Waals surface area contributed by atoms with E-state index < -0.39 is 12.1 Å². The number of hydrogen-bond acceptors (Lipinski definition) is 4. The van der Waals surface area contributed by atoms with Crippen molar-refractivity contribution < 1.29 is 14.3 Å². The molecule has 0 saturated heterocycles. The van der Waals surface area contributed by atoms with Crippen LogP contribution in [0.4, 0.5) is 9.59 Å². The number of urea groups is 1. The maximum Gasteiger partial charge on any atom is 0.418 e. The van der Waals surface area contributed by atoms with Crippen molar-refractivity contribution in [2.24, 2.45) is 5.73 Å². The molecule has 0 saturated carbocycles. The molecule has 0 radical (unpaired) electrons. The summed E-state index contributed by atoms with van der Waals surface area (Å²) in [6.07, 6.45) is 0.0291. The lowest BCUT2D eigenvalue weighted by atomic mass is 10.1. The number of rotatable bonds is 6. The Morgan fingerprint density at radius 3 is 2.60 bits per heavy atom. The molecule has 0 heterocycles. The van der Waals surface area contributed by atoms with Gasteiger partial charge >= 0.3 is 12.1 Å². The van der Waals surface area contributed by atoms with E-state index >= 15 is 0 Å². The zero-order chi connectivity index (χ0) is 14.8. The minimum Gasteiger partial charge on any atom is -0.449 e. The van der Waals surface area contributed by atoms with Crippen LogP contribution in [0.25, 0.3) is 0 Å². The molecule has 3 amide bonds. The molecule has 0 unspecified atom stereocenters. The zero-order valence-electron chi connectivity index (χ0n) is 11.7.